The van der Waals surface area contributed by atoms with Crippen molar-refractivity contribution in [3.63, 3.8) is 0 Å². The molecule has 0 aliphatic carbocycles. The minimum Gasteiger partial charge on any atom is -0.480 e. The summed E-state index contributed by atoms with van der Waals surface area (Å²) in [5.41, 5.74) is -0.0529. The first-order valence-electron chi connectivity index (χ1n) is 9.63. The number of halogens is 2. The number of likely N-dealkylation sites (N-methyl/N-ethyl adjacent to an activating group) is 1. The summed E-state index contributed by atoms with van der Waals surface area (Å²) in [5, 5.41) is 75.1. The molecule has 0 aliphatic rings. The molecule has 33 heavy (non-hydrogen) atoms. The van der Waals surface area contributed by atoms with Gasteiger partial charge in [-0.1, -0.05) is 0 Å². The van der Waals surface area contributed by atoms with Crippen LogP contribution in [0.2, 0.25) is 0 Å². The summed E-state index contributed by atoms with van der Waals surface area (Å²) in [7, 11) is 1.57. The third-order valence-corrected chi connectivity index (χ3v) is 5.16. The SMILES string of the molecule is CNC[C@H](O)[C@@H](O)[C@H](O)[C@H](O)CO.O=C(O)Cn1cc(I)c(=O)c(I)c1.OCCNCCO. The third-order valence-electron chi connectivity index (χ3n) is 3.63. The number of hydrogen-bond donors (Lipinski definition) is 10. The molecular formula is C18H33I2N3O10. The van der Waals surface area contributed by atoms with Gasteiger partial charge in [0.05, 0.1) is 33.1 Å². The molecule has 13 nitrogen and oxygen atoms in total. The van der Waals surface area contributed by atoms with Crippen LogP contribution in [0.3, 0.4) is 0 Å². The van der Waals surface area contributed by atoms with Gasteiger partial charge >= 0.3 is 5.97 Å². The molecule has 15 heteroatoms. The van der Waals surface area contributed by atoms with Crippen LogP contribution in [0.4, 0.5) is 0 Å². The summed E-state index contributed by atoms with van der Waals surface area (Å²) in [4.78, 5) is 21.6. The summed E-state index contributed by atoms with van der Waals surface area (Å²) in [5.74, 6) is -0.921. The predicted octanol–water partition coefficient (Wildman–Crippen LogP) is -3.66. The molecule has 0 aromatic carbocycles. The van der Waals surface area contributed by atoms with Crippen LogP contribution >= 0.6 is 45.2 Å². The molecule has 10 N–H and O–H groups in total. The van der Waals surface area contributed by atoms with Gasteiger partial charge in [0.15, 0.2) is 0 Å². The van der Waals surface area contributed by atoms with Crippen LogP contribution in [-0.2, 0) is 11.3 Å². The molecule has 1 aromatic rings. The summed E-state index contributed by atoms with van der Waals surface area (Å²) < 4.78 is 2.55. The third kappa shape index (κ3) is 16.7. The van der Waals surface area contributed by atoms with Gasteiger partial charge in [-0.2, -0.15) is 0 Å². The van der Waals surface area contributed by atoms with E-state index in [1.807, 2.05) is 45.2 Å². The Hall–Kier alpha value is -0.480. The van der Waals surface area contributed by atoms with E-state index in [1.165, 1.54) is 17.0 Å². The van der Waals surface area contributed by atoms with Gasteiger partial charge in [0.2, 0.25) is 5.43 Å². The van der Waals surface area contributed by atoms with Crippen LogP contribution in [-0.4, -0.2) is 122 Å². The van der Waals surface area contributed by atoms with Crippen molar-refractivity contribution in [2.75, 3.05) is 46.5 Å². The molecule has 0 saturated heterocycles. The Kier molecular flexibility index (Phi) is 21.9. The first kappa shape index (κ1) is 34.7. The smallest absolute Gasteiger partial charge is 0.323 e. The zero-order valence-corrected chi connectivity index (χ0v) is 22.3. The van der Waals surface area contributed by atoms with Crippen molar-refractivity contribution in [3.8, 4) is 0 Å². The molecular weight excluding hydrogens is 672 g/mol. The first-order chi connectivity index (χ1) is 15.5. The normalized spacial score (nSPS) is 14.1. The highest BCUT2D eigenvalue weighted by atomic mass is 127. The van der Waals surface area contributed by atoms with Crippen LogP contribution in [0.25, 0.3) is 0 Å². The molecule has 1 heterocycles. The molecule has 1 aromatic heterocycles. The Morgan fingerprint density at radius 1 is 0.970 bits per heavy atom. The van der Waals surface area contributed by atoms with Gasteiger partial charge in [0.25, 0.3) is 0 Å². The minimum absolute atomic E-state index is 0.0529. The maximum atomic E-state index is 11.2. The Bertz CT molecular complexity index is 680. The van der Waals surface area contributed by atoms with Crippen molar-refractivity contribution in [3.05, 3.63) is 29.8 Å². The first-order valence-corrected chi connectivity index (χ1v) is 11.8. The monoisotopic (exact) mass is 705 g/mol. The van der Waals surface area contributed by atoms with Gasteiger partial charge in [0.1, 0.15) is 24.9 Å². The molecule has 0 bridgehead atoms. The number of nitrogens with one attached hydrogen (secondary N) is 2. The van der Waals surface area contributed by atoms with Gasteiger partial charge < -0.3 is 56.1 Å². The molecule has 0 spiro atoms. The number of carbonyl (C=O) groups is 1. The summed E-state index contributed by atoms with van der Waals surface area (Å²) in [6.07, 6.45) is -2.59. The standard InChI is InChI=1S/C7H5I2NO3.C7H17NO5.C4H11NO2/c8-4-1-10(3-6(11)12)2-5(9)7(4)13;1-8-2-4(10)6(12)7(13)5(11)3-9;6-3-1-5-2-4-7/h1-2H,3H2,(H,11,12);4-13H,2-3H2,1H3;5-7H,1-4H2/t;4-,5+,6+,7+;/m.0./s1. The van der Waals surface area contributed by atoms with Crippen molar-refractivity contribution in [2.45, 2.75) is 31.0 Å². The van der Waals surface area contributed by atoms with Gasteiger partial charge in [-0.05, 0) is 52.2 Å². The van der Waals surface area contributed by atoms with Gasteiger partial charge in [-0.25, -0.2) is 0 Å². The second-order valence-electron chi connectivity index (χ2n) is 6.40. The Labute approximate surface area is 218 Å². The number of nitrogens with zero attached hydrogens (tertiary/aromatic N) is 1. The van der Waals surface area contributed by atoms with E-state index in [-0.39, 0.29) is 31.7 Å². The van der Waals surface area contributed by atoms with E-state index in [1.54, 1.807) is 7.05 Å². The lowest BCUT2D eigenvalue weighted by molar-refractivity contribution is -0.137. The number of aliphatic hydroxyl groups is 7. The Balaban J connectivity index is 0. The molecule has 1 rings (SSSR count). The van der Waals surface area contributed by atoms with Gasteiger partial charge in [-0.15, -0.1) is 0 Å². The number of aliphatic carboxylic acids is 1. The predicted molar refractivity (Wildman–Crippen MR) is 136 cm³/mol. The van der Waals surface area contributed by atoms with Crippen LogP contribution in [0, 0.1) is 7.14 Å². The lowest BCUT2D eigenvalue weighted by Crippen LogP contribution is -2.48. The van der Waals surface area contributed by atoms with Crippen molar-refractivity contribution in [1.29, 1.82) is 0 Å². The van der Waals surface area contributed by atoms with Crippen molar-refractivity contribution in [2.24, 2.45) is 0 Å². The van der Waals surface area contributed by atoms with E-state index in [4.69, 9.17) is 35.7 Å². The molecule has 0 unspecified atom stereocenters. The molecule has 0 radical (unpaired) electrons. The fourth-order valence-corrected chi connectivity index (χ4v) is 3.80. The molecule has 0 saturated carbocycles. The molecule has 194 valence electrons. The van der Waals surface area contributed by atoms with E-state index < -0.39 is 37.0 Å². The second kappa shape index (κ2) is 20.9. The molecule has 0 amide bonds. The highest BCUT2D eigenvalue weighted by Crippen LogP contribution is 2.04. The fraction of sp³-hybridized carbons (Fsp3) is 0.667. The summed E-state index contributed by atoms with van der Waals surface area (Å²) in [6.45, 7) is 0.730. The van der Waals surface area contributed by atoms with Crippen LogP contribution in [0.1, 0.15) is 0 Å². The number of rotatable bonds is 12. The zero-order valence-electron chi connectivity index (χ0n) is 18.0. The van der Waals surface area contributed by atoms with E-state index in [0.717, 1.165) is 0 Å². The summed E-state index contributed by atoms with van der Waals surface area (Å²) in [6, 6.07) is 0. The van der Waals surface area contributed by atoms with Crippen molar-refractivity contribution >= 4 is 51.2 Å². The minimum atomic E-state index is -1.55. The zero-order chi connectivity index (χ0) is 26.0. The van der Waals surface area contributed by atoms with Crippen LogP contribution in [0.5, 0.6) is 0 Å². The number of carboxylic acid groups (broad SMARTS) is 1. The Morgan fingerprint density at radius 2 is 1.42 bits per heavy atom. The topological polar surface area (TPSA) is 225 Å². The average Bonchev–Trinajstić information content (AvgIpc) is 2.76. The highest BCUT2D eigenvalue weighted by Gasteiger charge is 2.29. The largest absolute Gasteiger partial charge is 0.480 e. The van der Waals surface area contributed by atoms with E-state index in [9.17, 15) is 14.7 Å². The second-order valence-corrected chi connectivity index (χ2v) is 8.73. The highest BCUT2D eigenvalue weighted by molar-refractivity contribution is 14.1. The van der Waals surface area contributed by atoms with E-state index in [0.29, 0.717) is 20.2 Å². The fourth-order valence-electron chi connectivity index (χ4n) is 1.98. The molecule has 0 fully saturated rings. The molecule has 4 atom stereocenters. The number of hydrogen-bond acceptors (Lipinski definition) is 11. The summed E-state index contributed by atoms with van der Waals surface area (Å²) >= 11 is 3.78. The van der Waals surface area contributed by atoms with Crippen LogP contribution < -0.4 is 16.1 Å². The number of aromatic nitrogens is 1. The lowest BCUT2D eigenvalue weighted by atomic mass is 10.0. The van der Waals surface area contributed by atoms with Gasteiger partial charge in [-0.3, -0.25) is 9.59 Å². The van der Waals surface area contributed by atoms with Crippen LogP contribution in [0.15, 0.2) is 17.2 Å². The maximum absolute atomic E-state index is 11.2. The van der Waals surface area contributed by atoms with Gasteiger partial charge in [0, 0.05) is 32.0 Å². The Morgan fingerprint density at radius 3 is 1.79 bits per heavy atom. The van der Waals surface area contributed by atoms with E-state index in [2.05, 4.69) is 10.6 Å². The van der Waals surface area contributed by atoms with Crippen molar-refractivity contribution < 1.29 is 45.6 Å². The quantitative estimate of drug-likeness (QED) is 0.0751. The number of aliphatic hydroxyl groups excluding tert-OH is 7. The van der Waals surface area contributed by atoms with Crippen molar-refractivity contribution in [1.82, 2.24) is 15.2 Å². The lowest BCUT2D eigenvalue weighted by Gasteiger charge is -2.25. The van der Waals surface area contributed by atoms with E-state index >= 15 is 0 Å². The number of carboxylic acids is 1. The molecule has 0 aliphatic heterocycles. The average molecular weight is 705 g/mol. The number of pyridine rings is 1. The maximum Gasteiger partial charge on any atom is 0.323 e.